The normalized spacial score (nSPS) is 11.0. The third-order valence-electron chi connectivity index (χ3n) is 3.60. The van der Waals surface area contributed by atoms with Crippen molar-refractivity contribution in [3.05, 3.63) is 35.1 Å². The van der Waals surface area contributed by atoms with Crippen LogP contribution in [0.4, 0.5) is 13.2 Å². The summed E-state index contributed by atoms with van der Waals surface area (Å²) < 4.78 is 47.6. The molecule has 2 aromatic heterocycles. The predicted octanol–water partition coefficient (Wildman–Crippen LogP) is 2.85. The molecule has 0 aliphatic rings. The zero-order valence-corrected chi connectivity index (χ0v) is 18.0. The number of rotatable bonds is 8. The lowest BCUT2D eigenvalue weighted by molar-refractivity contribution is -0.274. The Morgan fingerprint density at radius 2 is 2.03 bits per heavy atom. The monoisotopic (exact) mass is 504 g/mol. The van der Waals surface area contributed by atoms with Crippen molar-refractivity contribution < 1.29 is 27.4 Å². The number of carbonyl (C=O) groups is 1. The van der Waals surface area contributed by atoms with Crippen LogP contribution in [0.15, 0.2) is 24.5 Å². The number of H-pyrrole nitrogens is 1. The maximum atomic E-state index is 12.4. The number of hydrogen-bond acceptors (Lipinski definition) is 6. The Balaban J connectivity index is 0.00000240. The molecule has 9 nitrogen and oxygen atoms in total. The number of nitrogens with one attached hydrogen (secondary N) is 2. The van der Waals surface area contributed by atoms with E-state index in [2.05, 4.69) is 25.1 Å². The van der Waals surface area contributed by atoms with Gasteiger partial charge in [0.2, 0.25) is 5.95 Å². The number of amides is 1. The molecule has 1 aromatic carbocycles. The molecule has 0 saturated carbocycles. The fourth-order valence-electron chi connectivity index (χ4n) is 2.39. The number of aromatic amines is 1. The largest absolute Gasteiger partial charge is 0.573 e. The van der Waals surface area contributed by atoms with Gasteiger partial charge in [-0.15, -0.1) is 38.0 Å². The zero-order chi connectivity index (χ0) is 21.0. The van der Waals surface area contributed by atoms with E-state index in [1.54, 1.807) is 0 Å². The Labute approximate surface area is 191 Å². The van der Waals surface area contributed by atoms with Gasteiger partial charge in [-0.1, -0.05) is 11.6 Å². The van der Waals surface area contributed by atoms with Gasteiger partial charge in [0.1, 0.15) is 5.75 Å². The maximum absolute atomic E-state index is 12.4. The first kappa shape index (κ1) is 26.8. The lowest BCUT2D eigenvalue weighted by atomic mass is 10.3. The molecule has 0 spiro atoms. The number of alkyl halides is 3. The van der Waals surface area contributed by atoms with Gasteiger partial charge in [0.05, 0.1) is 41.0 Å². The van der Waals surface area contributed by atoms with Gasteiger partial charge < -0.3 is 25.5 Å². The summed E-state index contributed by atoms with van der Waals surface area (Å²) in [5, 5.41) is 6.46. The average molecular weight is 506 g/mol. The van der Waals surface area contributed by atoms with Gasteiger partial charge >= 0.3 is 6.36 Å². The molecule has 0 unspecified atom stereocenters. The molecule has 3 aromatic rings. The van der Waals surface area contributed by atoms with Gasteiger partial charge in [-0.25, -0.2) is 9.67 Å². The summed E-state index contributed by atoms with van der Waals surface area (Å²) in [5.74, 6) is -0.750. The van der Waals surface area contributed by atoms with E-state index in [0.29, 0.717) is 31.8 Å². The Bertz CT molecular complexity index is 1010. The molecule has 15 heteroatoms. The van der Waals surface area contributed by atoms with Gasteiger partial charge in [-0.2, -0.15) is 5.10 Å². The summed E-state index contributed by atoms with van der Waals surface area (Å²) in [4.78, 5) is 19.1. The first-order valence-electron chi connectivity index (χ1n) is 8.33. The Morgan fingerprint density at radius 1 is 1.29 bits per heavy atom. The maximum Gasteiger partial charge on any atom is 0.573 e. The minimum atomic E-state index is -4.88. The SMILES string of the molecule is Cl.Cl.NCCOCCNC(=O)c1cnn(-c2nc3cc(OC(F)(F)F)c(Cl)cc3[nH]2)c1. The fraction of sp³-hybridized carbons (Fsp3) is 0.312. The minimum Gasteiger partial charge on any atom is -0.404 e. The van der Waals surface area contributed by atoms with Crippen molar-refractivity contribution in [2.45, 2.75) is 6.36 Å². The first-order chi connectivity index (χ1) is 13.8. The molecule has 0 radical (unpaired) electrons. The number of hydrogen-bond donors (Lipinski definition) is 3. The third kappa shape index (κ3) is 7.14. The van der Waals surface area contributed by atoms with Gasteiger partial charge in [0.15, 0.2) is 0 Å². The third-order valence-corrected chi connectivity index (χ3v) is 3.90. The van der Waals surface area contributed by atoms with Crippen LogP contribution < -0.4 is 15.8 Å². The van der Waals surface area contributed by atoms with E-state index in [0.717, 1.165) is 6.07 Å². The van der Waals surface area contributed by atoms with Crippen LogP contribution in [0.5, 0.6) is 5.75 Å². The Kier molecular flexibility index (Phi) is 9.84. The highest BCUT2D eigenvalue weighted by Gasteiger charge is 2.32. The number of halogens is 6. The lowest BCUT2D eigenvalue weighted by Gasteiger charge is -2.09. The first-order valence-corrected chi connectivity index (χ1v) is 8.70. The lowest BCUT2D eigenvalue weighted by Crippen LogP contribution is -2.27. The van der Waals surface area contributed by atoms with E-state index in [1.165, 1.54) is 23.1 Å². The number of nitrogens with two attached hydrogens (primary N) is 1. The molecule has 0 fully saturated rings. The van der Waals surface area contributed by atoms with Gasteiger partial charge in [0, 0.05) is 25.4 Å². The summed E-state index contributed by atoms with van der Waals surface area (Å²) in [6.07, 6.45) is -2.13. The van der Waals surface area contributed by atoms with E-state index in [4.69, 9.17) is 22.1 Å². The molecule has 0 bridgehead atoms. The predicted molar refractivity (Wildman–Crippen MR) is 112 cm³/mol. The quantitative estimate of drug-likeness (QED) is 0.405. The zero-order valence-electron chi connectivity index (χ0n) is 15.6. The number of carbonyl (C=O) groups excluding carboxylic acids is 1. The molecule has 0 atom stereocenters. The second kappa shape index (κ2) is 11.4. The molecule has 172 valence electrons. The highest BCUT2D eigenvalue weighted by molar-refractivity contribution is 6.32. The molecule has 1 amide bonds. The van der Waals surface area contributed by atoms with E-state index in [9.17, 15) is 18.0 Å². The van der Waals surface area contributed by atoms with Crippen molar-refractivity contribution in [3.63, 3.8) is 0 Å². The van der Waals surface area contributed by atoms with Gasteiger partial charge in [-0.3, -0.25) is 4.79 Å². The number of benzene rings is 1. The van der Waals surface area contributed by atoms with E-state index in [-0.39, 0.29) is 52.8 Å². The molecule has 0 aliphatic heterocycles. The van der Waals surface area contributed by atoms with Gasteiger partial charge in [-0.05, 0) is 6.07 Å². The smallest absolute Gasteiger partial charge is 0.404 e. The van der Waals surface area contributed by atoms with Crippen molar-refractivity contribution in [1.29, 1.82) is 0 Å². The summed E-state index contributed by atoms with van der Waals surface area (Å²) in [5.41, 5.74) is 6.12. The van der Waals surface area contributed by atoms with E-state index >= 15 is 0 Å². The molecular weight excluding hydrogens is 488 g/mol. The molecule has 2 heterocycles. The van der Waals surface area contributed by atoms with Crippen LogP contribution in [-0.2, 0) is 4.74 Å². The van der Waals surface area contributed by atoms with Crippen molar-refractivity contribution in [3.8, 4) is 11.7 Å². The molecule has 31 heavy (non-hydrogen) atoms. The fourth-order valence-corrected chi connectivity index (χ4v) is 2.59. The van der Waals surface area contributed by atoms with E-state index in [1.807, 2.05) is 0 Å². The number of nitrogens with zero attached hydrogens (tertiary/aromatic N) is 3. The van der Waals surface area contributed by atoms with Crippen LogP contribution in [0.2, 0.25) is 5.02 Å². The molecule has 0 aliphatic carbocycles. The highest BCUT2D eigenvalue weighted by Crippen LogP contribution is 2.33. The summed E-state index contributed by atoms with van der Waals surface area (Å²) in [7, 11) is 0. The topological polar surface area (TPSA) is 120 Å². The van der Waals surface area contributed by atoms with Crippen LogP contribution in [0.25, 0.3) is 17.0 Å². The van der Waals surface area contributed by atoms with Crippen LogP contribution in [-0.4, -0.2) is 58.3 Å². The van der Waals surface area contributed by atoms with Gasteiger partial charge in [0.25, 0.3) is 5.91 Å². The van der Waals surface area contributed by atoms with Crippen LogP contribution in [0, 0.1) is 0 Å². The number of ether oxygens (including phenoxy) is 2. The summed E-state index contributed by atoms with van der Waals surface area (Å²) in [6, 6.07) is 2.32. The molecular formula is C16H18Cl3F3N6O3. The molecule has 4 N–H and O–H groups in total. The van der Waals surface area contributed by atoms with E-state index < -0.39 is 12.1 Å². The Morgan fingerprint density at radius 3 is 2.71 bits per heavy atom. The second-order valence-corrected chi connectivity index (χ2v) is 6.15. The standard InChI is InChI=1S/C16H16ClF3N6O3.2ClH/c17-10-5-11-12(6-13(10)29-16(18,19)20)25-15(24-11)26-8-9(7-23-26)14(27)22-2-4-28-3-1-21;;/h5-8H,1-4,21H2,(H,22,27)(H,24,25);2*1H. The number of fused-ring (bicyclic) bond motifs is 1. The van der Waals surface area contributed by atoms with Crippen molar-refractivity contribution >= 4 is 53.4 Å². The van der Waals surface area contributed by atoms with Crippen LogP contribution in [0.3, 0.4) is 0 Å². The van der Waals surface area contributed by atoms with Crippen molar-refractivity contribution in [2.24, 2.45) is 5.73 Å². The molecule has 3 rings (SSSR count). The van der Waals surface area contributed by atoms with Crippen molar-refractivity contribution in [2.75, 3.05) is 26.3 Å². The summed E-state index contributed by atoms with van der Waals surface area (Å²) >= 11 is 5.83. The van der Waals surface area contributed by atoms with Crippen molar-refractivity contribution in [1.82, 2.24) is 25.1 Å². The van der Waals surface area contributed by atoms with Crippen LogP contribution in [0.1, 0.15) is 10.4 Å². The summed E-state index contributed by atoms with van der Waals surface area (Å²) in [6.45, 7) is 1.42. The Hall–Kier alpha value is -2.25. The number of imidazole rings is 1. The number of aromatic nitrogens is 4. The second-order valence-electron chi connectivity index (χ2n) is 5.74. The minimum absolute atomic E-state index is 0. The molecule has 0 saturated heterocycles. The van der Waals surface area contributed by atoms with Crippen LogP contribution >= 0.6 is 36.4 Å². The average Bonchev–Trinajstić information content (AvgIpc) is 3.27. The highest BCUT2D eigenvalue weighted by atomic mass is 35.5.